The molecule has 5 aromatic rings. The largest absolute Gasteiger partial charge is 0.506 e. The average Bonchev–Trinajstić information content (AvgIpc) is 3.82. The quantitative estimate of drug-likeness (QED) is 0.0816. The van der Waals surface area contributed by atoms with Crippen LogP contribution < -0.4 is 20.3 Å². The average molecular weight is 619 g/mol. The normalized spacial score (nSPS) is 12.4. The van der Waals surface area contributed by atoms with E-state index >= 15 is 0 Å². The summed E-state index contributed by atoms with van der Waals surface area (Å²) in [6.45, 7) is 2.22. The highest BCUT2D eigenvalue weighted by Gasteiger charge is 2.29. The predicted octanol–water partition coefficient (Wildman–Crippen LogP) is 5.42. The van der Waals surface area contributed by atoms with Gasteiger partial charge in [-0.1, -0.05) is 24.3 Å². The summed E-state index contributed by atoms with van der Waals surface area (Å²) in [4.78, 5) is 28.4. The summed E-state index contributed by atoms with van der Waals surface area (Å²) in [5.74, 6) is 1.19. The van der Waals surface area contributed by atoms with E-state index in [9.17, 15) is 9.90 Å². The third kappa shape index (κ3) is 7.11. The fraction of sp³-hybridized carbons (Fsp3) is 0.182. The summed E-state index contributed by atoms with van der Waals surface area (Å²) in [5.41, 5.74) is 4.86. The van der Waals surface area contributed by atoms with Crippen LogP contribution in [-0.2, 0) is 19.5 Å². The van der Waals surface area contributed by atoms with Crippen LogP contribution in [0.15, 0.2) is 96.6 Å². The van der Waals surface area contributed by atoms with Crippen molar-refractivity contribution in [1.29, 1.82) is 5.26 Å². The molecule has 12 heteroatoms. The van der Waals surface area contributed by atoms with E-state index in [0.717, 1.165) is 58.1 Å². The van der Waals surface area contributed by atoms with Crippen LogP contribution in [0.1, 0.15) is 26.7 Å². The van der Waals surface area contributed by atoms with Gasteiger partial charge in [-0.15, -0.1) is 16.3 Å². The number of aryl methyl sites for hydroxylation is 1. The molecule has 0 spiro atoms. The molecule has 11 nitrogen and oxygen atoms in total. The van der Waals surface area contributed by atoms with Gasteiger partial charge in [0.05, 0.1) is 13.2 Å². The highest BCUT2D eigenvalue weighted by Crippen LogP contribution is 2.38. The molecule has 0 unspecified atom stereocenters. The molecule has 1 aliphatic rings. The van der Waals surface area contributed by atoms with Crippen molar-refractivity contribution in [2.45, 2.75) is 25.9 Å². The van der Waals surface area contributed by atoms with Gasteiger partial charge in [-0.05, 0) is 65.9 Å². The Bertz CT molecular complexity index is 1860. The number of nitrogens with one attached hydrogen (secondary N) is 2. The molecule has 0 bridgehead atoms. The van der Waals surface area contributed by atoms with Gasteiger partial charge < -0.3 is 29.9 Å². The number of anilines is 2. The lowest BCUT2D eigenvalue weighted by Gasteiger charge is -2.17. The van der Waals surface area contributed by atoms with Gasteiger partial charge in [-0.2, -0.15) is 5.26 Å². The maximum atomic E-state index is 13.6. The standard InChI is InChI=1S/C33H30N8O3S/c34-22-38-33(39-24-8-12-35-13-9-24)37-20-27-19-36-31(45-27)32(43)41-16-11-29-28(6-2-7-30(29)41)23-4-1-5-26(18-23)44-17-3-14-40-15-10-25(42)21-40/h1-2,4-10,12-13,15,18-19,21,42H,3,11,14,16-17,20H2,(H2,35,37,38,39). The number of guanidine groups is 1. The molecule has 226 valence electrons. The van der Waals surface area contributed by atoms with Gasteiger partial charge in [0.15, 0.2) is 5.01 Å². The Morgan fingerprint density at radius 3 is 2.84 bits per heavy atom. The van der Waals surface area contributed by atoms with Crippen LogP contribution >= 0.6 is 11.3 Å². The van der Waals surface area contributed by atoms with Crippen molar-refractivity contribution in [3.05, 3.63) is 107 Å². The summed E-state index contributed by atoms with van der Waals surface area (Å²) >= 11 is 1.31. The van der Waals surface area contributed by atoms with Gasteiger partial charge in [0.1, 0.15) is 11.5 Å². The van der Waals surface area contributed by atoms with E-state index < -0.39 is 0 Å². The first-order chi connectivity index (χ1) is 22.1. The molecule has 1 amide bonds. The Kier molecular flexibility index (Phi) is 8.98. The minimum atomic E-state index is -0.143. The number of thiazole rings is 1. The van der Waals surface area contributed by atoms with Crippen LogP contribution in [0.25, 0.3) is 11.1 Å². The van der Waals surface area contributed by atoms with Crippen LogP contribution in [0.3, 0.4) is 0 Å². The monoisotopic (exact) mass is 618 g/mol. The van der Waals surface area contributed by atoms with Crippen molar-refractivity contribution < 1.29 is 14.6 Å². The van der Waals surface area contributed by atoms with Gasteiger partial charge in [-0.25, -0.2) is 4.98 Å². The number of hydrogen-bond acceptors (Lipinski definition) is 8. The van der Waals surface area contributed by atoms with Crippen molar-refractivity contribution >= 4 is 34.6 Å². The van der Waals surface area contributed by atoms with Crippen LogP contribution in [0.5, 0.6) is 11.5 Å². The molecule has 45 heavy (non-hydrogen) atoms. The van der Waals surface area contributed by atoms with Gasteiger partial charge in [-0.3, -0.25) is 9.78 Å². The molecule has 0 aliphatic carbocycles. The van der Waals surface area contributed by atoms with E-state index in [1.807, 2.05) is 41.1 Å². The van der Waals surface area contributed by atoms with Crippen LogP contribution in [-0.4, -0.2) is 44.7 Å². The number of fused-ring (bicyclic) bond motifs is 1. The Morgan fingerprint density at radius 2 is 2.02 bits per heavy atom. The number of nitrogens with zero attached hydrogens (tertiary/aromatic N) is 6. The van der Waals surface area contributed by atoms with Gasteiger partial charge in [0, 0.05) is 60.3 Å². The number of carbonyl (C=O) groups excluding carboxylic acids is 1. The van der Waals surface area contributed by atoms with Crippen molar-refractivity contribution in [2.24, 2.45) is 4.99 Å². The highest BCUT2D eigenvalue weighted by molar-refractivity contribution is 7.13. The first-order valence-electron chi connectivity index (χ1n) is 14.4. The van der Waals surface area contributed by atoms with Crippen molar-refractivity contribution in [3.63, 3.8) is 0 Å². The second-order valence-corrected chi connectivity index (χ2v) is 11.4. The topological polar surface area (TPSA) is 141 Å². The second kappa shape index (κ2) is 13.7. The van der Waals surface area contributed by atoms with E-state index in [1.165, 1.54) is 11.3 Å². The molecule has 0 atom stereocenters. The Morgan fingerprint density at radius 1 is 1.16 bits per heavy atom. The molecular formula is C33H30N8O3S. The predicted molar refractivity (Wildman–Crippen MR) is 173 cm³/mol. The molecular weight excluding hydrogens is 588 g/mol. The zero-order chi connectivity index (χ0) is 31.0. The molecule has 1 aliphatic heterocycles. The van der Waals surface area contributed by atoms with Gasteiger partial charge in [0.25, 0.3) is 5.91 Å². The minimum Gasteiger partial charge on any atom is -0.506 e. The number of rotatable bonds is 10. The Hall–Kier alpha value is -5.67. The number of aliphatic imine (C=N–C) groups is 1. The zero-order valence-electron chi connectivity index (χ0n) is 24.3. The number of benzene rings is 2. The third-order valence-electron chi connectivity index (χ3n) is 7.25. The smallest absolute Gasteiger partial charge is 0.287 e. The van der Waals surface area contributed by atoms with Gasteiger partial charge >= 0.3 is 0 Å². The minimum absolute atomic E-state index is 0.143. The SMILES string of the molecule is N#C/N=C(\NCc1cnc(C(=O)N2CCc3c(-c4cccc(OCCCn5ccc(O)c5)c4)cccc32)s1)Nc1ccncc1. The highest BCUT2D eigenvalue weighted by atomic mass is 32.1. The number of aromatic nitrogens is 3. The Labute approximate surface area is 264 Å². The summed E-state index contributed by atoms with van der Waals surface area (Å²) in [6.07, 6.45) is 11.8. The third-order valence-corrected chi connectivity index (χ3v) is 8.24. The number of aromatic hydroxyl groups is 1. The second-order valence-electron chi connectivity index (χ2n) is 10.3. The van der Waals surface area contributed by atoms with Crippen LogP contribution in [0.2, 0.25) is 0 Å². The first-order valence-corrected chi connectivity index (χ1v) is 15.2. The molecule has 3 N–H and O–H groups in total. The zero-order valence-corrected chi connectivity index (χ0v) is 25.1. The van der Waals surface area contributed by atoms with E-state index in [-0.39, 0.29) is 11.7 Å². The molecule has 0 saturated heterocycles. The summed E-state index contributed by atoms with van der Waals surface area (Å²) in [6, 6.07) is 19.3. The summed E-state index contributed by atoms with van der Waals surface area (Å²) < 4.78 is 7.97. The van der Waals surface area contributed by atoms with E-state index in [2.05, 4.69) is 37.7 Å². The number of hydrogen-bond donors (Lipinski definition) is 3. The lowest BCUT2D eigenvalue weighted by Crippen LogP contribution is -2.29. The lowest BCUT2D eigenvalue weighted by molar-refractivity contribution is 0.0989. The number of carbonyl (C=O) groups is 1. The number of amides is 1. The van der Waals surface area contributed by atoms with Gasteiger partial charge in [0.2, 0.25) is 12.2 Å². The van der Waals surface area contributed by atoms with E-state index in [4.69, 9.17) is 10.00 Å². The maximum Gasteiger partial charge on any atom is 0.287 e. The summed E-state index contributed by atoms with van der Waals surface area (Å²) in [5, 5.41) is 25.1. The van der Waals surface area contributed by atoms with Crippen LogP contribution in [0, 0.1) is 11.5 Å². The molecule has 3 aromatic heterocycles. The van der Waals surface area contributed by atoms with Crippen LogP contribution in [0.4, 0.5) is 11.4 Å². The fourth-order valence-corrected chi connectivity index (χ4v) is 5.98. The number of pyridine rings is 1. The Balaban J connectivity index is 1.09. The molecule has 0 saturated carbocycles. The van der Waals surface area contributed by atoms with Crippen molar-refractivity contribution in [3.8, 4) is 28.8 Å². The molecule has 0 radical (unpaired) electrons. The number of ether oxygens (including phenoxy) is 1. The maximum absolute atomic E-state index is 13.6. The number of nitriles is 1. The molecule has 0 fully saturated rings. The molecule has 6 rings (SSSR count). The van der Waals surface area contributed by atoms with E-state index in [0.29, 0.717) is 30.7 Å². The van der Waals surface area contributed by atoms with Crippen molar-refractivity contribution in [2.75, 3.05) is 23.4 Å². The lowest BCUT2D eigenvalue weighted by atomic mass is 9.98. The molecule has 4 heterocycles. The van der Waals surface area contributed by atoms with E-state index in [1.54, 1.807) is 54.1 Å². The first kappa shape index (κ1) is 29.4. The summed E-state index contributed by atoms with van der Waals surface area (Å²) in [7, 11) is 0. The molecule has 2 aromatic carbocycles. The fourth-order valence-electron chi connectivity index (χ4n) is 5.18. The van der Waals surface area contributed by atoms with Crippen molar-refractivity contribution in [1.82, 2.24) is 19.9 Å².